The summed E-state index contributed by atoms with van der Waals surface area (Å²) in [5.41, 5.74) is 8.55. The Morgan fingerprint density at radius 2 is 2.17 bits per heavy atom. The molecule has 3 aromatic rings. The first-order chi connectivity index (χ1) is 8.78. The molecule has 0 spiro atoms. The second-order valence-corrected chi connectivity index (χ2v) is 3.82. The van der Waals surface area contributed by atoms with Crippen molar-refractivity contribution in [3.05, 3.63) is 36.7 Å². The van der Waals surface area contributed by atoms with E-state index in [0.29, 0.717) is 22.9 Å². The highest BCUT2D eigenvalue weighted by molar-refractivity contribution is 5.80. The molecule has 0 bridgehead atoms. The summed E-state index contributed by atoms with van der Waals surface area (Å²) < 4.78 is 10.9. The summed E-state index contributed by atoms with van der Waals surface area (Å²) in [4.78, 5) is 8.39. The molecule has 0 saturated heterocycles. The number of ether oxygens (including phenoxy) is 1. The van der Waals surface area contributed by atoms with Gasteiger partial charge in [0.2, 0.25) is 5.89 Å². The van der Waals surface area contributed by atoms with Crippen LogP contribution < -0.4 is 10.5 Å². The number of hydrogen-bond acceptors (Lipinski definition) is 5. The van der Waals surface area contributed by atoms with E-state index in [4.69, 9.17) is 14.9 Å². The monoisotopic (exact) mass is 241 g/mol. The van der Waals surface area contributed by atoms with Crippen LogP contribution in [-0.2, 0) is 0 Å². The summed E-state index contributed by atoms with van der Waals surface area (Å²) in [5, 5.41) is 0. The molecule has 1 aromatic carbocycles. The number of anilines is 1. The lowest BCUT2D eigenvalue weighted by atomic mass is 10.2. The Morgan fingerprint density at radius 3 is 3.00 bits per heavy atom. The number of methoxy groups -OCH3 is 1. The fraction of sp³-hybridized carbons (Fsp3) is 0.0769. The molecule has 5 nitrogen and oxygen atoms in total. The molecule has 0 aliphatic heterocycles. The van der Waals surface area contributed by atoms with Crippen molar-refractivity contribution in [2.45, 2.75) is 0 Å². The molecule has 5 heteroatoms. The number of rotatable bonds is 2. The molecule has 0 aliphatic carbocycles. The third-order valence-electron chi connectivity index (χ3n) is 2.65. The van der Waals surface area contributed by atoms with Gasteiger partial charge in [0.05, 0.1) is 18.9 Å². The number of nitrogens with two attached hydrogens (primary N) is 1. The maximum Gasteiger partial charge on any atom is 0.231 e. The lowest BCUT2D eigenvalue weighted by molar-refractivity contribution is 0.413. The maximum absolute atomic E-state index is 5.71. The van der Waals surface area contributed by atoms with Crippen molar-refractivity contribution in [1.82, 2.24) is 9.97 Å². The van der Waals surface area contributed by atoms with E-state index in [2.05, 4.69) is 9.97 Å². The van der Waals surface area contributed by atoms with Crippen LogP contribution in [0, 0.1) is 0 Å². The Kier molecular flexibility index (Phi) is 2.37. The van der Waals surface area contributed by atoms with Gasteiger partial charge >= 0.3 is 0 Å². The topological polar surface area (TPSA) is 74.2 Å². The SMILES string of the molecule is COc1cnccc1-c1nc2cc(N)ccc2o1. The van der Waals surface area contributed by atoms with E-state index in [1.54, 1.807) is 43.8 Å². The first-order valence-corrected chi connectivity index (χ1v) is 5.42. The van der Waals surface area contributed by atoms with Gasteiger partial charge in [0.15, 0.2) is 5.58 Å². The highest BCUT2D eigenvalue weighted by Crippen LogP contribution is 2.31. The van der Waals surface area contributed by atoms with Crippen molar-refractivity contribution in [3.8, 4) is 17.2 Å². The molecule has 3 rings (SSSR count). The van der Waals surface area contributed by atoms with E-state index >= 15 is 0 Å². The smallest absolute Gasteiger partial charge is 0.231 e. The average molecular weight is 241 g/mol. The molecule has 0 amide bonds. The number of pyridine rings is 1. The number of aromatic nitrogens is 2. The van der Waals surface area contributed by atoms with Crippen LogP contribution in [0.2, 0.25) is 0 Å². The van der Waals surface area contributed by atoms with Crippen LogP contribution >= 0.6 is 0 Å². The molecule has 0 radical (unpaired) electrons. The van der Waals surface area contributed by atoms with E-state index in [-0.39, 0.29) is 0 Å². The van der Waals surface area contributed by atoms with Gasteiger partial charge in [-0.05, 0) is 24.3 Å². The van der Waals surface area contributed by atoms with Gasteiger partial charge in [-0.3, -0.25) is 4.98 Å². The van der Waals surface area contributed by atoms with Crippen molar-refractivity contribution in [3.63, 3.8) is 0 Å². The quantitative estimate of drug-likeness (QED) is 0.697. The van der Waals surface area contributed by atoms with Gasteiger partial charge < -0.3 is 14.9 Å². The Balaban J connectivity index is 2.19. The number of oxazole rings is 1. The summed E-state index contributed by atoms with van der Waals surface area (Å²) in [5.74, 6) is 1.12. The number of hydrogen-bond donors (Lipinski definition) is 1. The van der Waals surface area contributed by atoms with Crippen molar-refractivity contribution in [1.29, 1.82) is 0 Å². The molecule has 18 heavy (non-hydrogen) atoms. The number of benzene rings is 1. The van der Waals surface area contributed by atoms with E-state index in [0.717, 1.165) is 11.1 Å². The van der Waals surface area contributed by atoms with Crippen LogP contribution in [0.4, 0.5) is 5.69 Å². The summed E-state index contributed by atoms with van der Waals surface area (Å²) >= 11 is 0. The molecule has 0 unspecified atom stereocenters. The first kappa shape index (κ1) is 10.6. The Labute approximate surface area is 103 Å². The second-order valence-electron chi connectivity index (χ2n) is 3.82. The molecular formula is C13H11N3O2. The Bertz CT molecular complexity index is 706. The van der Waals surface area contributed by atoms with Gasteiger partial charge in [-0.2, -0.15) is 0 Å². The van der Waals surface area contributed by atoms with Crippen molar-refractivity contribution in [2.75, 3.05) is 12.8 Å². The molecule has 2 heterocycles. The summed E-state index contributed by atoms with van der Waals surface area (Å²) in [6, 6.07) is 7.15. The summed E-state index contributed by atoms with van der Waals surface area (Å²) in [7, 11) is 1.58. The highest BCUT2D eigenvalue weighted by Gasteiger charge is 2.12. The van der Waals surface area contributed by atoms with Crippen molar-refractivity contribution >= 4 is 16.8 Å². The van der Waals surface area contributed by atoms with Crippen LogP contribution in [-0.4, -0.2) is 17.1 Å². The zero-order chi connectivity index (χ0) is 12.5. The fourth-order valence-electron chi connectivity index (χ4n) is 1.78. The number of fused-ring (bicyclic) bond motifs is 1. The predicted molar refractivity (Wildman–Crippen MR) is 68.2 cm³/mol. The number of nitrogens with zero attached hydrogens (tertiary/aromatic N) is 2. The van der Waals surface area contributed by atoms with Gasteiger partial charge in [0, 0.05) is 11.9 Å². The van der Waals surface area contributed by atoms with Crippen molar-refractivity contribution in [2.24, 2.45) is 0 Å². The van der Waals surface area contributed by atoms with E-state index in [1.165, 1.54) is 0 Å². The molecule has 2 N–H and O–H groups in total. The lowest BCUT2D eigenvalue weighted by Crippen LogP contribution is -1.88. The first-order valence-electron chi connectivity index (χ1n) is 5.42. The van der Waals surface area contributed by atoms with Gasteiger partial charge in [-0.15, -0.1) is 0 Å². The summed E-state index contributed by atoms with van der Waals surface area (Å²) in [6.07, 6.45) is 3.29. The standard InChI is InChI=1S/C13H11N3O2/c1-17-12-7-15-5-4-9(12)13-16-10-6-8(14)2-3-11(10)18-13/h2-7H,14H2,1H3. The molecule has 0 aliphatic rings. The third kappa shape index (κ3) is 1.66. The molecule has 2 aromatic heterocycles. The van der Waals surface area contributed by atoms with Crippen LogP contribution in [0.25, 0.3) is 22.6 Å². The van der Waals surface area contributed by atoms with Crippen molar-refractivity contribution < 1.29 is 9.15 Å². The summed E-state index contributed by atoms with van der Waals surface area (Å²) in [6.45, 7) is 0. The van der Waals surface area contributed by atoms with Crippen LogP contribution in [0.1, 0.15) is 0 Å². The van der Waals surface area contributed by atoms with Crippen LogP contribution in [0.15, 0.2) is 41.1 Å². The average Bonchev–Trinajstić information content (AvgIpc) is 2.81. The zero-order valence-electron chi connectivity index (χ0n) is 9.75. The number of nitrogen functional groups attached to an aromatic ring is 1. The normalized spacial score (nSPS) is 10.7. The Hall–Kier alpha value is -2.56. The fourth-order valence-corrected chi connectivity index (χ4v) is 1.78. The van der Waals surface area contributed by atoms with Gasteiger partial charge in [0.1, 0.15) is 11.3 Å². The minimum absolute atomic E-state index is 0.495. The third-order valence-corrected chi connectivity index (χ3v) is 2.65. The largest absolute Gasteiger partial charge is 0.494 e. The van der Waals surface area contributed by atoms with Crippen LogP contribution in [0.5, 0.6) is 5.75 Å². The van der Waals surface area contributed by atoms with Gasteiger partial charge in [-0.25, -0.2) is 4.98 Å². The maximum atomic E-state index is 5.71. The zero-order valence-corrected chi connectivity index (χ0v) is 9.75. The molecule has 90 valence electrons. The van der Waals surface area contributed by atoms with Gasteiger partial charge in [0.25, 0.3) is 0 Å². The highest BCUT2D eigenvalue weighted by atomic mass is 16.5. The second kappa shape index (κ2) is 4.03. The minimum Gasteiger partial charge on any atom is -0.494 e. The molecule has 0 fully saturated rings. The van der Waals surface area contributed by atoms with E-state index in [9.17, 15) is 0 Å². The van der Waals surface area contributed by atoms with E-state index in [1.807, 2.05) is 0 Å². The molecule has 0 saturated carbocycles. The van der Waals surface area contributed by atoms with E-state index < -0.39 is 0 Å². The predicted octanol–water partition coefficient (Wildman–Crippen LogP) is 2.48. The Morgan fingerprint density at radius 1 is 1.28 bits per heavy atom. The lowest BCUT2D eigenvalue weighted by Gasteiger charge is -2.02. The molecule has 0 atom stereocenters. The minimum atomic E-state index is 0.495. The molecular weight excluding hydrogens is 230 g/mol. The van der Waals surface area contributed by atoms with Crippen LogP contribution in [0.3, 0.4) is 0 Å². The van der Waals surface area contributed by atoms with Gasteiger partial charge in [-0.1, -0.05) is 0 Å².